The minimum Gasteiger partial charge on any atom is -0.492 e. The van der Waals surface area contributed by atoms with E-state index < -0.39 is 30.2 Å². The molecule has 3 aliphatic rings. The molecule has 10 nitrogen and oxygen atoms in total. The third-order valence-corrected chi connectivity index (χ3v) is 9.97. The normalized spacial score (nSPS) is 22.5. The standard InChI is InChI=1S/C39H49N3O7/c43-35(34(23-27-6-2-1-3-7-27)40-38(45)30-14-18-48-26-30)25-31(39(46)41-37-33-9-5-4-8-29(33)24-36(37)44)22-28-10-12-32(13-11-28)49-21-17-42-15-19-47-20-16-42/h1-13,30-31,34-37,43-44H,14-26H2,(H,40,45)(H,41,46)/t30?,31?,34?,35?,36-,37-/m0/s1. The van der Waals surface area contributed by atoms with Crippen molar-refractivity contribution in [3.63, 3.8) is 0 Å². The van der Waals surface area contributed by atoms with E-state index in [4.69, 9.17) is 14.2 Å². The van der Waals surface area contributed by atoms with Gasteiger partial charge in [-0.1, -0.05) is 66.7 Å². The van der Waals surface area contributed by atoms with E-state index in [0.29, 0.717) is 45.5 Å². The second-order valence-electron chi connectivity index (χ2n) is 13.5. The molecule has 6 atom stereocenters. The molecule has 0 radical (unpaired) electrons. The monoisotopic (exact) mass is 671 g/mol. The molecule has 1 aliphatic carbocycles. The number of fused-ring (bicyclic) bond motifs is 1. The summed E-state index contributed by atoms with van der Waals surface area (Å²) in [6.45, 7) is 5.62. The predicted octanol–water partition coefficient (Wildman–Crippen LogP) is 2.85. The molecular formula is C39H49N3O7. The molecule has 0 bridgehead atoms. The van der Waals surface area contributed by atoms with E-state index in [0.717, 1.165) is 60.9 Å². The number of carbonyl (C=O) groups excluding carboxylic acids is 2. The number of hydrogen-bond donors (Lipinski definition) is 4. The maximum Gasteiger partial charge on any atom is 0.225 e. The van der Waals surface area contributed by atoms with Crippen molar-refractivity contribution in [1.82, 2.24) is 15.5 Å². The molecule has 262 valence electrons. The topological polar surface area (TPSA) is 130 Å². The lowest BCUT2D eigenvalue weighted by Crippen LogP contribution is -2.49. The quantitative estimate of drug-likeness (QED) is 0.194. The SMILES string of the molecule is O=C(NC(Cc1ccccc1)C(O)CC(Cc1ccc(OCCN2CCOCC2)cc1)C(=O)N[C@H]1c2ccccc2C[C@@H]1O)C1CCOC1. The van der Waals surface area contributed by atoms with Crippen LogP contribution in [0.1, 0.15) is 41.1 Å². The van der Waals surface area contributed by atoms with Crippen LogP contribution in [0.4, 0.5) is 0 Å². The third-order valence-electron chi connectivity index (χ3n) is 9.97. The van der Waals surface area contributed by atoms with Gasteiger partial charge in [-0.2, -0.15) is 0 Å². The lowest BCUT2D eigenvalue weighted by Gasteiger charge is -2.29. The Kier molecular flexibility index (Phi) is 12.3. The number of nitrogens with zero attached hydrogens (tertiary/aromatic N) is 1. The van der Waals surface area contributed by atoms with Crippen LogP contribution < -0.4 is 15.4 Å². The number of carbonyl (C=O) groups is 2. The molecule has 0 saturated carbocycles. The second kappa shape index (κ2) is 17.2. The summed E-state index contributed by atoms with van der Waals surface area (Å²) in [6, 6.07) is 24.1. The van der Waals surface area contributed by atoms with Gasteiger partial charge >= 0.3 is 0 Å². The summed E-state index contributed by atoms with van der Waals surface area (Å²) in [5.74, 6) is -0.533. The molecule has 0 aromatic heterocycles. The third kappa shape index (κ3) is 9.67. The van der Waals surface area contributed by atoms with Gasteiger partial charge in [-0.25, -0.2) is 0 Å². The number of hydrogen-bond acceptors (Lipinski definition) is 8. The molecule has 2 aliphatic heterocycles. The van der Waals surface area contributed by atoms with Crippen molar-refractivity contribution in [3.8, 4) is 5.75 Å². The smallest absolute Gasteiger partial charge is 0.225 e. The fourth-order valence-corrected chi connectivity index (χ4v) is 7.07. The van der Waals surface area contributed by atoms with Crippen LogP contribution in [0.5, 0.6) is 5.75 Å². The van der Waals surface area contributed by atoms with Crippen molar-refractivity contribution >= 4 is 11.8 Å². The Hall–Kier alpha value is -3.80. The average Bonchev–Trinajstić information content (AvgIpc) is 3.78. The van der Waals surface area contributed by atoms with Crippen LogP contribution in [-0.4, -0.2) is 97.8 Å². The summed E-state index contributed by atoms with van der Waals surface area (Å²) in [5, 5.41) is 28.9. The highest BCUT2D eigenvalue weighted by Crippen LogP contribution is 2.32. The van der Waals surface area contributed by atoms with Crippen LogP contribution in [-0.2, 0) is 38.3 Å². The van der Waals surface area contributed by atoms with Gasteiger partial charge in [0.25, 0.3) is 0 Å². The number of ether oxygens (including phenoxy) is 3. The largest absolute Gasteiger partial charge is 0.492 e. The van der Waals surface area contributed by atoms with Crippen molar-refractivity contribution < 1.29 is 34.0 Å². The van der Waals surface area contributed by atoms with Crippen molar-refractivity contribution in [2.24, 2.45) is 11.8 Å². The lowest BCUT2D eigenvalue weighted by atomic mass is 9.88. The molecule has 4 N–H and O–H groups in total. The first-order valence-electron chi connectivity index (χ1n) is 17.6. The molecule has 10 heteroatoms. The number of benzene rings is 3. The molecule has 2 fully saturated rings. The van der Waals surface area contributed by atoms with Crippen LogP contribution >= 0.6 is 0 Å². The van der Waals surface area contributed by atoms with Crippen LogP contribution in [0.2, 0.25) is 0 Å². The predicted molar refractivity (Wildman–Crippen MR) is 185 cm³/mol. The summed E-state index contributed by atoms with van der Waals surface area (Å²) in [6.07, 6.45) is 0.267. The summed E-state index contributed by atoms with van der Waals surface area (Å²) in [5.41, 5.74) is 3.83. The summed E-state index contributed by atoms with van der Waals surface area (Å²) in [4.78, 5) is 29.6. The molecule has 2 saturated heterocycles. The fraction of sp³-hybridized carbons (Fsp3) is 0.487. The van der Waals surface area contributed by atoms with Gasteiger partial charge < -0.3 is 35.1 Å². The van der Waals surface area contributed by atoms with Gasteiger partial charge in [-0.3, -0.25) is 14.5 Å². The minimum atomic E-state index is -1.01. The Labute approximate surface area is 288 Å². The summed E-state index contributed by atoms with van der Waals surface area (Å²) >= 11 is 0. The Morgan fingerprint density at radius 3 is 2.39 bits per heavy atom. The van der Waals surface area contributed by atoms with Crippen molar-refractivity contribution in [3.05, 3.63) is 101 Å². The van der Waals surface area contributed by atoms with Gasteiger partial charge in [0.2, 0.25) is 11.8 Å². The number of nitrogens with one attached hydrogen (secondary N) is 2. The molecule has 2 amide bonds. The molecular weight excluding hydrogens is 622 g/mol. The van der Waals surface area contributed by atoms with Gasteiger partial charge in [0.15, 0.2) is 0 Å². The van der Waals surface area contributed by atoms with Crippen molar-refractivity contribution in [2.75, 3.05) is 52.7 Å². The van der Waals surface area contributed by atoms with E-state index in [9.17, 15) is 19.8 Å². The minimum absolute atomic E-state index is 0.118. The first kappa shape index (κ1) is 35.0. The lowest BCUT2D eigenvalue weighted by molar-refractivity contribution is -0.128. The molecule has 3 aromatic carbocycles. The number of amides is 2. The number of aliphatic hydroxyl groups is 2. The Balaban J connectivity index is 1.16. The average molecular weight is 672 g/mol. The number of rotatable bonds is 15. The molecule has 4 unspecified atom stereocenters. The van der Waals surface area contributed by atoms with Gasteiger partial charge in [-0.15, -0.1) is 0 Å². The Morgan fingerprint density at radius 1 is 0.898 bits per heavy atom. The zero-order valence-corrected chi connectivity index (χ0v) is 28.0. The van der Waals surface area contributed by atoms with Crippen LogP contribution in [0.25, 0.3) is 0 Å². The highest BCUT2D eigenvalue weighted by atomic mass is 16.5. The Bertz CT molecular complexity index is 1490. The number of morpholine rings is 1. The Morgan fingerprint density at radius 2 is 1.63 bits per heavy atom. The molecule has 2 heterocycles. The van der Waals surface area contributed by atoms with Crippen molar-refractivity contribution in [1.29, 1.82) is 0 Å². The summed E-state index contributed by atoms with van der Waals surface area (Å²) < 4.78 is 16.9. The highest BCUT2D eigenvalue weighted by molar-refractivity contribution is 5.80. The fourth-order valence-electron chi connectivity index (χ4n) is 7.07. The molecule has 0 spiro atoms. The molecule has 49 heavy (non-hydrogen) atoms. The maximum atomic E-state index is 14.1. The van der Waals surface area contributed by atoms with Crippen molar-refractivity contribution in [2.45, 2.75) is 56.4 Å². The first-order valence-corrected chi connectivity index (χ1v) is 17.6. The molecule has 6 rings (SSSR count). The number of aliphatic hydroxyl groups excluding tert-OH is 2. The van der Waals surface area contributed by atoms with E-state index in [-0.39, 0.29) is 24.2 Å². The van der Waals surface area contributed by atoms with Gasteiger partial charge in [-0.05, 0) is 60.1 Å². The first-order chi connectivity index (χ1) is 23.9. The van der Waals surface area contributed by atoms with E-state index in [2.05, 4.69) is 15.5 Å². The van der Waals surface area contributed by atoms with Gasteiger partial charge in [0.05, 0.1) is 50.0 Å². The second-order valence-corrected chi connectivity index (χ2v) is 13.5. The van der Waals surface area contributed by atoms with Crippen LogP contribution in [0, 0.1) is 11.8 Å². The van der Waals surface area contributed by atoms with Gasteiger partial charge in [0, 0.05) is 38.6 Å². The van der Waals surface area contributed by atoms with E-state index in [1.54, 1.807) is 0 Å². The van der Waals surface area contributed by atoms with E-state index >= 15 is 0 Å². The zero-order valence-electron chi connectivity index (χ0n) is 28.0. The van der Waals surface area contributed by atoms with E-state index in [1.165, 1.54) is 0 Å². The zero-order chi connectivity index (χ0) is 34.0. The van der Waals surface area contributed by atoms with Gasteiger partial charge in [0.1, 0.15) is 12.4 Å². The highest BCUT2D eigenvalue weighted by Gasteiger charge is 2.36. The summed E-state index contributed by atoms with van der Waals surface area (Å²) in [7, 11) is 0. The van der Waals surface area contributed by atoms with Crippen LogP contribution in [0.15, 0.2) is 78.9 Å². The molecule has 3 aromatic rings. The van der Waals surface area contributed by atoms with E-state index in [1.807, 2.05) is 78.9 Å². The van der Waals surface area contributed by atoms with Crippen LogP contribution in [0.3, 0.4) is 0 Å². The maximum absolute atomic E-state index is 14.1.